The van der Waals surface area contributed by atoms with Gasteiger partial charge in [-0.2, -0.15) is 0 Å². The topological polar surface area (TPSA) is 68.5 Å². The first-order valence-corrected chi connectivity index (χ1v) is 6.65. The number of hydrogen-bond donors (Lipinski definition) is 1. The maximum absolute atomic E-state index is 12.6. The smallest absolute Gasteiger partial charge is 0.257 e. The summed E-state index contributed by atoms with van der Waals surface area (Å²) in [6.07, 6.45) is 3.98. The largest absolute Gasteiger partial charge is 0.383 e. The molecule has 2 N–H and O–H groups in total. The fourth-order valence-corrected chi connectivity index (χ4v) is 2.27. The monoisotopic (exact) mass is 263 g/mol. The number of carbonyl (C=O) groups excluding carboxylic acids is 1. The number of nitrogens with two attached hydrogens (primary N) is 1. The molecule has 5 nitrogen and oxygen atoms in total. The van der Waals surface area contributed by atoms with Crippen LogP contribution in [0.4, 0.5) is 5.82 Å². The molecule has 1 fully saturated rings. The zero-order valence-electron chi connectivity index (χ0n) is 11.5. The van der Waals surface area contributed by atoms with E-state index in [2.05, 4.69) is 11.9 Å². The molecule has 1 aliphatic rings. The summed E-state index contributed by atoms with van der Waals surface area (Å²) in [5.74, 6) is 0.846. The van der Waals surface area contributed by atoms with Crippen LogP contribution in [-0.2, 0) is 4.74 Å². The van der Waals surface area contributed by atoms with E-state index in [4.69, 9.17) is 10.5 Å². The Morgan fingerprint density at radius 1 is 1.63 bits per heavy atom. The Bertz CT molecular complexity index is 446. The molecule has 0 aromatic carbocycles. The third kappa shape index (κ3) is 3.23. The van der Waals surface area contributed by atoms with Crippen LogP contribution < -0.4 is 5.73 Å². The summed E-state index contributed by atoms with van der Waals surface area (Å²) in [5, 5.41) is 0. The summed E-state index contributed by atoms with van der Waals surface area (Å²) in [7, 11) is 1.64. The molecular weight excluding hydrogens is 242 g/mol. The van der Waals surface area contributed by atoms with E-state index in [9.17, 15) is 4.79 Å². The average molecular weight is 263 g/mol. The van der Waals surface area contributed by atoms with E-state index in [1.165, 1.54) is 12.8 Å². The van der Waals surface area contributed by atoms with Gasteiger partial charge in [-0.25, -0.2) is 4.98 Å². The number of amides is 1. The maximum atomic E-state index is 12.6. The SMILES string of the molecule is COCCN(C(=O)c1cccnc1N)C(C)C1CC1. The third-order valence-corrected chi connectivity index (χ3v) is 3.66. The van der Waals surface area contributed by atoms with Gasteiger partial charge in [0.05, 0.1) is 12.2 Å². The molecule has 1 atom stereocenters. The third-order valence-electron chi connectivity index (χ3n) is 3.66. The minimum absolute atomic E-state index is 0.0537. The Morgan fingerprint density at radius 3 is 2.95 bits per heavy atom. The van der Waals surface area contributed by atoms with Crippen LogP contribution >= 0.6 is 0 Å². The molecule has 1 saturated carbocycles. The lowest BCUT2D eigenvalue weighted by Gasteiger charge is -2.29. The Morgan fingerprint density at radius 2 is 2.37 bits per heavy atom. The standard InChI is InChI=1S/C14H21N3O2/c1-10(11-5-6-11)17(8-9-19-2)14(18)12-4-3-7-16-13(12)15/h3-4,7,10-11H,5-6,8-9H2,1-2H3,(H2,15,16). The van der Waals surface area contributed by atoms with E-state index in [0.717, 1.165) is 0 Å². The van der Waals surface area contributed by atoms with E-state index >= 15 is 0 Å². The van der Waals surface area contributed by atoms with E-state index in [1.54, 1.807) is 25.4 Å². The summed E-state index contributed by atoms with van der Waals surface area (Å²) >= 11 is 0. The Labute approximate surface area is 113 Å². The van der Waals surface area contributed by atoms with Gasteiger partial charge in [-0.15, -0.1) is 0 Å². The van der Waals surface area contributed by atoms with Crippen molar-refractivity contribution >= 4 is 11.7 Å². The lowest BCUT2D eigenvalue weighted by atomic mass is 10.1. The molecule has 1 unspecified atom stereocenters. The zero-order chi connectivity index (χ0) is 13.8. The fraction of sp³-hybridized carbons (Fsp3) is 0.571. The summed E-state index contributed by atoms with van der Waals surface area (Å²) in [4.78, 5) is 18.4. The van der Waals surface area contributed by atoms with E-state index in [1.807, 2.05) is 4.90 Å². The molecule has 0 saturated heterocycles. The average Bonchev–Trinajstić information content (AvgIpc) is 3.23. The van der Waals surface area contributed by atoms with Crippen LogP contribution in [0.25, 0.3) is 0 Å². The zero-order valence-corrected chi connectivity index (χ0v) is 11.5. The number of ether oxygens (including phenoxy) is 1. The number of hydrogen-bond acceptors (Lipinski definition) is 4. The number of nitrogens with zero attached hydrogens (tertiary/aromatic N) is 2. The van der Waals surface area contributed by atoms with Gasteiger partial charge in [-0.05, 0) is 37.8 Å². The first kappa shape index (κ1) is 13.8. The van der Waals surface area contributed by atoms with E-state index in [0.29, 0.717) is 24.6 Å². The van der Waals surface area contributed by atoms with Crippen molar-refractivity contribution in [2.75, 3.05) is 26.0 Å². The molecule has 0 radical (unpaired) electrons. The Hall–Kier alpha value is -1.62. The van der Waals surface area contributed by atoms with Crippen LogP contribution in [0.1, 0.15) is 30.1 Å². The summed E-state index contributed by atoms with van der Waals surface area (Å²) in [6, 6.07) is 3.69. The first-order valence-electron chi connectivity index (χ1n) is 6.65. The number of aromatic nitrogens is 1. The quantitative estimate of drug-likeness (QED) is 0.845. The number of carbonyl (C=O) groups is 1. The maximum Gasteiger partial charge on any atom is 0.257 e. The van der Waals surface area contributed by atoms with Gasteiger partial charge in [0, 0.05) is 25.9 Å². The number of rotatable bonds is 6. The van der Waals surface area contributed by atoms with Crippen molar-refractivity contribution in [1.82, 2.24) is 9.88 Å². The summed E-state index contributed by atoms with van der Waals surface area (Å²) < 4.78 is 5.10. The molecule has 0 aliphatic heterocycles. The molecule has 1 heterocycles. The fourth-order valence-electron chi connectivity index (χ4n) is 2.27. The van der Waals surface area contributed by atoms with Gasteiger partial charge in [0.25, 0.3) is 5.91 Å². The van der Waals surface area contributed by atoms with Crippen molar-refractivity contribution in [3.05, 3.63) is 23.9 Å². The van der Waals surface area contributed by atoms with Crippen molar-refractivity contribution in [2.45, 2.75) is 25.8 Å². The second-order valence-corrected chi connectivity index (χ2v) is 5.01. The number of pyridine rings is 1. The molecule has 1 aromatic rings. The van der Waals surface area contributed by atoms with Gasteiger partial charge >= 0.3 is 0 Å². The van der Waals surface area contributed by atoms with E-state index in [-0.39, 0.29) is 17.8 Å². The van der Waals surface area contributed by atoms with Crippen molar-refractivity contribution in [3.8, 4) is 0 Å². The van der Waals surface area contributed by atoms with E-state index < -0.39 is 0 Å². The lowest BCUT2D eigenvalue weighted by molar-refractivity contribution is 0.0595. The highest BCUT2D eigenvalue weighted by molar-refractivity contribution is 5.98. The molecule has 0 bridgehead atoms. The van der Waals surface area contributed by atoms with Gasteiger partial charge < -0.3 is 15.4 Å². The molecule has 1 aromatic heterocycles. The van der Waals surface area contributed by atoms with Gasteiger partial charge in [0.2, 0.25) is 0 Å². The molecule has 5 heteroatoms. The van der Waals surface area contributed by atoms with Crippen molar-refractivity contribution in [2.24, 2.45) is 5.92 Å². The molecular formula is C14H21N3O2. The molecule has 0 spiro atoms. The molecule has 2 rings (SSSR count). The number of anilines is 1. The van der Waals surface area contributed by atoms with Crippen LogP contribution in [0.3, 0.4) is 0 Å². The van der Waals surface area contributed by atoms with Gasteiger partial charge in [-0.1, -0.05) is 0 Å². The van der Waals surface area contributed by atoms with Crippen molar-refractivity contribution in [3.63, 3.8) is 0 Å². The first-order chi connectivity index (χ1) is 9.15. The Kier molecular flexibility index (Phi) is 4.37. The highest BCUT2D eigenvalue weighted by atomic mass is 16.5. The second-order valence-electron chi connectivity index (χ2n) is 5.01. The summed E-state index contributed by atoms with van der Waals surface area (Å²) in [5.41, 5.74) is 6.27. The summed E-state index contributed by atoms with van der Waals surface area (Å²) in [6.45, 7) is 3.21. The molecule has 104 valence electrons. The highest BCUT2D eigenvalue weighted by Crippen LogP contribution is 2.35. The van der Waals surface area contributed by atoms with Crippen LogP contribution in [0.2, 0.25) is 0 Å². The minimum Gasteiger partial charge on any atom is -0.383 e. The van der Waals surface area contributed by atoms with Gasteiger partial charge in [-0.3, -0.25) is 4.79 Å². The van der Waals surface area contributed by atoms with Crippen molar-refractivity contribution < 1.29 is 9.53 Å². The second kappa shape index (κ2) is 6.02. The van der Waals surface area contributed by atoms with Crippen molar-refractivity contribution in [1.29, 1.82) is 0 Å². The molecule has 19 heavy (non-hydrogen) atoms. The van der Waals surface area contributed by atoms with Crippen LogP contribution in [0.15, 0.2) is 18.3 Å². The predicted octanol–water partition coefficient (Wildman–Crippen LogP) is 1.55. The molecule has 1 amide bonds. The van der Waals surface area contributed by atoms with Gasteiger partial charge in [0.15, 0.2) is 0 Å². The highest BCUT2D eigenvalue weighted by Gasteiger charge is 2.34. The van der Waals surface area contributed by atoms with Crippen LogP contribution in [-0.4, -0.2) is 42.1 Å². The molecule has 1 aliphatic carbocycles. The van der Waals surface area contributed by atoms with Crippen LogP contribution in [0, 0.1) is 5.92 Å². The minimum atomic E-state index is -0.0537. The lowest BCUT2D eigenvalue weighted by Crippen LogP contribution is -2.42. The number of nitrogen functional groups attached to an aromatic ring is 1. The normalized spacial score (nSPS) is 16.1. The predicted molar refractivity (Wildman–Crippen MR) is 73.7 cm³/mol. The number of methoxy groups -OCH3 is 1. The Balaban J connectivity index is 2.17. The van der Waals surface area contributed by atoms with Crippen LogP contribution in [0.5, 0.6) is 0 Å². The van der Waals surface area contributed by atoms with Gasteiger partial charge in [0.1, 0.15) is 5.82 Å².